The van der Waals surface area contributed by atoms with Gasteiger partial charge in [0.05, 0.1) is 5.69 Å². The van der Waals surface area contributed by atoms with Crippen LogP contribution in [-0.4, -0.2) is 37.3 Å². The van der Waals surface area contributed by atoms with Gasteiger partial charge in [-0.1, -0.05) is 23.7 Å². The molecule has 1 N–H and O–H groups in total. The predicted molar refractivity (Wildman–Crippen MR) is 125 cm³/mol. The van der Waals surface area contributed by atoms with Gasteiger partial charge in [0.2, 0.25) is 0 Å². The molecule has 0 saturated heterocycles. The summed E-state index contributed by atoms with van der Waals surface area (Å²) in [5.74, 6) is 0.953. The number of amides is 1. The van der Waals surface area contributed by atoms with Crippen LogP contribution in [0.4, 0.5) is 5.69 Å². The zero-order valence-electron chi connectivity index (χ0n) is 17.2. The van der Waals surface area contributed by atoms with Crippen molar-refractivity contribution in [2.45, 2.75) is 0 Å². The fraction of sp³-hybridized carbons (Fsp3) is 0.0417. The highest BCUT2D eigenvalue weighted by Crippen LogP contribution is 2.22. The summed E-state index contributed by atoms with van der Waals surface area (Å²) in [6.07, 6.45) is 3.40. The van der Waals surface area contributed by atoms with Crippen LogP contribution in [0.2, 0.25) is 5.02 Å². The number of hydrogen-bond acceptors (Lipinski definition) is 6. The molecule has 0 radical (unpaired) electrons. The molecule has 33 heavy (non-hydrogen) atoms. The average Bonchev–Trinajstić information content (AvgIpc) is 3.28. The first-order valence-corrected chi connectivity index (χ1v) is 10.4. The van der Waals surface area contributed by atoms with E-state index in [1.807, 2.05) is 48.5 Å². The minimum atomic E-state index is -0.260. The monoisotopic (exact) mass is 456 g/mol. The number of carbonyl (C=O) groups is 1. The number of fused-ring (bicyclic) bond motifs is 1. The van der Waals surface area contributed by atoms with Gasteiger partial charge in [0.25, 0.3) is 5.91 Å². The second-order valence-corrected chi connectivity index (χ2v) is 7.55. The number of rotatable bonds is 6. The van der Waals surface area contributed by atoms with Crippen molar-refractivity contribution in [3.05, 3.63) is 90.2 Å². The second-order valence-electron chi connectivity index (χ2n) is 7.12. The standard InChI is InChI=1S/C24H17ClN6O2/c25-18-3-7-20(8-4-18)33-15-23(32)27-19-5-1-16(2-6-19)21-9-10-22-28-29-24(31(22)30-21)17-11-13-26-14-12-17/h1-14H,15H2,(H,27,32). The lowest BCUT2D eigenvalue weighted by atomic mass is 10.1. The van der Waals surface area contributed by atoms with E-state index in [9.17, 15) is 4.79 Å². The van der Waals surface area contributed by atoms with Gasteiger partial charge in [-0.05, 0) is 60.7 Å². The number of hydrogen-bond donors (Lipinski definition) is 1. The summed E-state index contributed by atoms with van der Waals surface area (Å²) >= 11 is 5.85. The van der Waals surface area contributed by atoms with E-state index in [0.29, 0.717) is 27.9 Å². The van der Waals surface area contributed by atoms with Gasteiger partial charge in [0, 0.05) is 34.2 Å². The highest BCUT2D eigenvalue weighted by atomic mass is 35.5. The lowest BCUT2D eigenvalue weighted by Gasteiger charge is -2.08. The second kappa shape index (κ2) is 9.05. The summed E-state index contributed by atoms with van der Waals surface area (Å²) < 4.78 is 7.17. The van der Waals surface area contributed by atoms with Crippen molar-refractivity contribution in [3.8, 4) is 28.4 Å². The van der Waals surface area contributed by atoms with Gasteiger partial charge >= 0.3 is 0 Å². The average molecular weight is 457 g/mol. The van der Waals surface area contributed by atoms with E-state index >= 15 is 0 Å². The highest BCUT2D eigenvalue weighted by molar-refractivity contribution is 6.30. The SMILES string of the molecule is O=C(COc1ccc(Cl)cc1)Nc1ccc(-c2ccc3nnc(-c4ccncc4)n3n2)cc1. The number of halogens is 1. The molecule has 0 saturated carbocycles. The van der Waals surface area contributed by atoms with Crippen molar-refractivity contribution in [2.75, 3.05) is 11.9 Å². The Hall–Kier alpha value is -4.30. The molecule has 3 heterocycles. The molecule has 8 nitrogen and oxygen atoms in total. The Morgan fingerprint density at radius 3 is 2.39 bits per heavy atom. The third-order valence-corrected chi connectivity index (χ3v) is 5.10. The summed E-state index contributed by atoms with van der Waals surface area (Å²) in [5.41, 5.74) is 3.82. The van der Waals surface area contributed by atoms with Crippen molar-refractivity contribution in [3.63, 3.8) is 0 Å². The van der Waals surface area contributed by atoms with Crippen molar-refractivity contribution < 1.29 is 9.53 Å². The van der Waals surface area contributed by atoms with Gasteiger partial charge in [0.1, 0.15) is 5.75 Å². The van der Waals surface area contributed by atoms with E-state index in [4.69, 9.17) is 21.4 Å². The van der Waals surface area contributed by atoms with E-state index in [1.165, 1.54) is 0 Å². The van der Waals surface area contributed by atoms with Crippen LogP contribution in [0, 0.1) is 0 Å². The lowest BCUT2D eigenvalue weighted by molar-refractivity contribution is -0.118. The highest BCUT2D eigenvalue weighted by Gasteiger charge is 2.11. The number of nitrogens with zero attached hydrogens (tertiary/aromatic N) is 5. The number of pyridine rings is 1. The van der Waals surface area contributed by atoms with Crippen LogP contribution < -0.4 is 10.1 Å². The molecule has 1 amide bonds. The Bertz CT molecular complexity index is 1400. The maximum Gasteiger partial charge on any atom is 0.262 e. The van der Waals surface area contributed by atoms with Crippen LogP contribution in [0.5, 0.6) is 5.75 Å². The molecular formula is C24H17ClN6O2. The first-order chi connectivity index (χ1) is 16.2. The molecule has 5 aromatic rings. The summed E-state index contributed by atoms with van der Waals surface area (Å²) in [7, 11) is 0. The molecule has 162 valence electrons. The fourth-order valence-electron chi connectivity index (χ4n) is 3.22. The minimum absolute atomic E-state index is 0.104. The molecule has 0 bridgehead atoms. The van der Waals surface area contributed by atoms with E-state index in [1.54, 1.807) is 41.2 Å². The molecule has 0 unspecified atom stereocenters. The van der Waals surface area contributed by atoms with Gasteiger partial charge in [-0.2, -0.15) is 9.61 Å². The molecule has 5 rings (SSSR count). The van der Waals surface area contributed by atoms with Gasteiger partial charge in [0.15, 0.2) is 18.1 Å². The Balaban J connectivity index is 1.29. The molecule has 2 aromatic carbocycles. The third kappa shape index (κ3) is 4.65. The Kier molecular flexibility index (Phi) is 5.65. The number of carbonyl (C=O) groups excluding carboxylic acids is 1. The molecule has 0 fully saturated rings. The normalized spacial score (nSPS) is 10.8. The van der Waals surface area contributed by atoms with Crippen LogP contribution in [-0.2, 0) is 4.79 Å². The van der Waals surface area contributed by atoms with Crippen LogP contribution in [0.3, 0.4) is 0 Å². The van der Waals surface area contributed by atoms with Crippen molar-refractivity contribution in [1.82, 2.24) is 24.8 Å². The largest absolute Gasteiger partial charge is 0.484 e. The summed E-state index contributed by atoms with van der Waals surface area (Å²) in [6, 6.07) is 21.7. The van der Waals surface area contributed by atoms with Gasteiger partial charge < -0.3 is 10.1 Å². The molecule has 0 aliphatic rings. The quantitative estimate of drug-likeness (QED) is 0.403. The van der Waals surface area contributed by atoms with Crippen molar-refractivity contribution in [1.29, 1.82) is 0 Å². The number of aromatic nitrogens is 5. The van der Waals surface area contributed by atoms with E-state index in [-0.39, 0.29) is 12.5 Å². The van der Waals surface area contributed by atoms with Crippen LogP contribution in [0.25, 0.3) is 28.3 Å². The smallest absolute Gasteiger partial charge is 0.262 e. The molecule has 3 aromatic heterocycles. The predicted octanol–water partition coefficient (Wildman–Crippen LogP) is 4.52. The Morgan fingerprint density at radius 1 is 0.879 bits per heavy atom. The molecule has 0 aliphatic heterocycles. The summed E-state index contributed by atoms with van der Waals surface area (Å²) in [6.45, 7) is -0.104. The van der Waals surface area contributed by atoms with Crippen molar-refractivity contribution in [2.24, 2.45) is 0 Å². The van der Waals surface area contributed by atoms with E-state index < -0.39 is 0 Å². The number of ether oxygens (including phenoxy) is 1. The van der Waals surface area contributed by atoms with Crippen LogP contribution in [0.1, 0.15) is 0 Å². The summed E-state index contributed by atoms with van der Waals surface area (Å²) in [4.78, 5) is 16.2. The van der Waals surface area contributed by atoms with Crippen molar-refractivity contribution >= 4 is 28.8 Å². The van der Waals surface area contributed by atoms with E-state index in [0.717, 1.165) is 16.8 Å². The number of benzene rings is 2. The van der Waals surface area contributed by atoms with E-state index in [2.05, 4.69) is 20.5 Å². The zero-order valence-corrected chi connectivity index (χ0v) is 18.0. The number of nitrogens with one attached hydrogen (secondary N) is 1. The lowest BCUT2D eigenvalue weighted by Crippen LogP contribution is -2.20. The van der Waals surface area contributed by atoms with Gasteiger partial charge in [-0.25, -0.2) is 0 Å². The van der Waals surface area contributed by atoms with Gasteiger partial charge in [-0.15, -0.1) is 10.2 Å². The molecule has 0 spiro atoms. The maximum absolute atomic E-state index is 12.2. The topological polar surface area (TPSA) is 94.3 Å². The molecule has 0 aliphatic carbocycles. The molecule has 9 heteroatoms. The van der Waals surface area contributed by atoms with Crippen LogP contribution in [0.15, 0.2) is 85.2 Å². The summed E-state index contributed by atoms with van der Waals surface area (Å²) in [5, 5.41) is 16.6. The molecular weight excluding hydrogens is 440 g/mol. The Morgan fingerprint density at radius 2 is 1.64 bits per heavy atom. The molecule has 0 atom stereocenters. The van der Waals surface area contributed by atoms with Gasteiger partial charge in [-0.3, -0.25) is 9.78 Å². The minimum Gasteiger partial charge on any atom is -0.484 e. The Labute approximate surface area is 193 Å². The first-order valence-electron chi connectivity index (χ1n) is 10.1. The third-order valence-electron chi connectivity index (χ3n) is 4.85. The fourth-order valence-corrected chi connectivity index (χ4v) is 3.35. The maximum atomic E-state index is 12.2. The zero-order chi connectivity index (χ0) is 22.6. The van der Waals surface area contributed by atoms with Crippen LogP contribution >= 0.6 is 11.6 Å². The number of anilines is 1. The first kappa shape index (κ1) is 20.6.